The molecule has 6 heteroatoms. The van der Waals surface area contributed by atoms with Gasteiger partial charge in [-0.05, 0) is 38.5 Å². The molecule has 3 N–H and O–H groups in total. The Balaban J connectivity index is 0.00000441. The van der Waals surface area contributed by atoms with Crippen LogP contribution in [0, 0.1) is 11.8 Å². The molecule has 0 radical (unpaired) electrons. The van der Waals surface area contributed by atoms with Crippen LogP contribution in [0.2, 0.25) is 0 Å². The van der Waals surface area contributed by atoms with Gasteiger partial charge in [-0.15, -0.1) is 24.0 Å². The molecule has 0 aromatic carbocycles. The first-order chi connectivity index (χ1) is 9.92. The fourth-order valence-electron chi connectivity index (χ4n) is 2.89. The van der Waals surface area contributed by atoms with Crippen LogP contribution in [-0.4, -0.2) is 37.5 Å². The van der Waals surface area contributed by atoms with Gasteiger partial charge in [0.25, 0.3) is 0 Å². The zero-order valence-electron chi connectivity index (χ0n) is 14.6. The number of nitrogens with one attached hydrogen (secondary N) is 3. The summed E-state index contributed by atoms with van der Waals surface area (Å²) in [5.74, 6) is 2.25. The van der Waals surface area contributed by atoms with Gasteiger partial charge in [0.05, 0.1) is 6.54 Å². The van der Waals surface area contributed by atoms with E-state index in [1.807, 2.05) is 13.8 Å². The van der Waals surface area contributed by atoms with Crippen molar-refractivity contribution in [3.8, 4) is 0 Å². The highest BCUT2D eigenvalue weighted by Crippen LogP contribution is 2.29. The highest BCUT2D eigenvalue weighted by Gasteiger charge is 2.24. The maximum Gasteiger partial charge on any atom is 0.239 e. The Morgan fingerprint density at radius 1 is 1.23 bits per heavy atom. The highest BCUT2D eigenvalue weighted by molar-refractivity contribution is 14.0. The first-order valence-electron chi connectivity index (χ1n) is 8.19. The third-order valence-electron chi connectivity index (χ3n) is 4.09. The number of hydrogen-bond donors (Lipinski definition) is 3. The second kappa shape index (κ2) is 11.1. The van der Waals surface area contributed by atoms with Crippen molar-refractivity contribution < 1.29 is 4.79 Å². The fraction of sp³-hybridized carbons (Fsp3) is 0.875. The molecule has 1 saturated carbocycles. The molecule has 0 aromatic rings. The van der Waals surface area contributed by atoms with Crippen molar-refractivity contribution in [1.29, 1.82) is 0 Å². The van der Waals surface area contributed by atoms with Gasteiger partial charge in [0, 0.05) is 19.1 Å². The number of carbonyl (C=O) groups is 1. The Hall–Kier alpha value is -0.530. The molecule has 5 nitrogen and oxygen atoms in total. The lowest BCUT2D eigenvalue weighted by molar-refractivity contribution is -0.120. The summed E-state index contributed by atoms with van der Waals surface area (Å²) in [5.41, 5.74) is 0. The minimum absolute atomic E-state index is 0. The largest absolute Gasteiger partial charge is 0.354 e. The molecule has 1 amide bonds. The Bertz CT molecular complexity index is 358. The molecule has 0 heterocycles. The van der Waals surface area contributed by atoms with Crippen molar-refractivity contribution in [1.82, 2.24) is 16.0 Å². The maximum absolute atomic E-state index is 11.7. The minimum atomic E-state index is -0.00310. The van der Waals surface area contributed by atoms with Crippen LogP contribution in [0.25, 0.3) is 0 Å². The third kappa shape index (κ3) is 8.19. The summed E-state index contributed by atoms with van der Waals surface area (Å²) in [7, 11) is 1.75. The highest BCUT2D eigenvalue weighted by atomic mass is 127. The number of rotatable bonds is 5. The third-order valence-corrected chi connectivity index (χ3v) is 4.09. The molecule has 0 saturated heterocycles. The van der Waals surface area contributed by atoms with Gasteiger partial charge >= 0.3 is 0 Å². The Morgan fingerprint density at radius 2 is 1.91 bits per heavy atom. The lowest BCUT2D eigenvalue weighted by Crippen LogP contribution is -2.48. The van der Waals surface area contributed by atoms with Gasteiger partial charge in [-0.2, -0.15) is 0 Å². The first-order valence-corrected chi connectivity index (χ1v) is 8.19. The van der Waals surface area contributed by atoms with Crippen molar-refractivity contribution in [3.05, 3.63) is 0 Å². The molecule has 22 heavy (non-hydrogen) atoms. The Labute approximate surface area is 152 Å². The van der Waals surface area contributed by atoms with E-state index in [4.69, 9.17) is 0 Å². The van der Waals surface area contributed by atoms with E-state index in [-0.39, 0.29) is 42.5 Å². The zero-order valence-corrected chi connectivity index (χ0v) is 16.9. The topological polar surface area (TPSA) is 65.5 Å². The minimum Gasteiger partial charge on any atom is -0.354 e. The van der Waals surface area contributed by atoms with Crippen molar-refractivity contribution in [2.24, 2.45) is 16.8 Å². The van der Waals surface area contributed by atoms with E-state index >= 15 is 0 Å². The van der Waals surface area contributed by atoms with E-state index in [2.05, 4.69) is 34.8 Å². The van der Waals surface area contributed by atoms with Crippen molar-refractivity contribution in [3.63, 3.8) is 0 Å². The summed E-state index contributed by atoms with van der Waals surface area (Å²) in [6.07, 6.45) is 4.97. The number of carbonyl (C=O) groups excluding carboxylic acids is 1. The fourth-order valence-corrected chi connectivity index (χ4v) is 2.89. The van der Waals surface area contributed by atoms with Crippen LogP contribution in [-0.2, 0) is 4.79 Å². The van der Waals surface area contributed by atoms with Crippen LogP contribution in [0.15, 0.2) is 4.99 Å². The summed E-state index contributed by atoms with van der Waals surface area (Å²) in [6.45, 7) is 8.78. The van der Waals surface area contributed by atoms with Gasteiger partial charge < -0.3 is 16.0 Å². The van der Waals surface area contributed by atoms with Gasteiger partial charge in [0.15, 0.2) is 5.96 Å². The van der Waals surface area contributed by atoms with Gasteiger partial charge in [-0.1, -0.05) is 26.7 Å². The predicted molar refractivity (Wildman–Crippen MR) is 104 cm³/mol. The van der Waals surface area contributed by atoms with Gasteiger partial charge in [0.2, 0.25) is 5.91 Å². The summed E-state index contributed by atoms with van der Waals surface area (Å²) >= 11 is 0. The van der Waals surface area contributed by atoms with Crippen molar-refractivity contribution >= 4 is 35.8 Å². The number of nitrogens with zero attached hydrogens (tertiary/aromatic N) is 1. The van der Waals surface area contributed by atoms with Crippen molar-refractivity contribution in [2.75, 3.05) is 13.6 Å². The molecule has 1 aliphatic carbocycles. The van der Waals surface area contributed by atoms with Crippen LogP contribution in [0.4, 0.5) is 0 Å². The second-order valence-corrected chi connectivity index (χ2v) is 6.66. The van der Waals surface area contributed by atoms with Crippen LogP contribution in [0.5, 0.6) is 0 Å². The molecular weight excluding hydrogens is 391 g/mol. The molecule has 0 spiro atoms. The first kappa shape index (κ1) is 21.5. The lowest BCUT2D eigenvalue weighted by atomic mass is 9.79. The average Bonchev–Trinajstić information content (AvgIpc) is 2.42. The molecule has 1 aliphatic rings. The quantitative estimate of drug-likeness (QED) is 0.361. The molecule has 1 fully saturated rings. The maximum atomic E-state index is 11.7. The van der Waals surface area contributed by atoms with Crippen LogP contribution >= 0.6 is 24.0 Å². The number of aliphatic imine (C=N–C) groups is 1. The summed E-state index contributed by atoms with van der Waals surface area (Å²) < 4.78 is 0. The normalized spacial score (nSPS) is 22.2. The summed E-state index contributed by atoms with van der Waals surface area (Å²) in [6, 6.07) is 0.630. The lowest BCUT2D eigenvalue weighted by Gasteiger charge is -2.32. The molecule has 0 aliphatic heterocycles. The van der Waals surface area contributed by atoms with E-state index < -0.39 is 0 Å². The zero-order chi connectivity index (χ0) is 15.8. The number of halogens is 1. The molecule has 0 aromatic heterocycles. The van der Waals surface area contributed by atoms with Gasteiger partial charge in [-0.3, -0.25) is 9.79 Å². The van der Waals surface area contributed by atoms with Gasteiger partial charge in [0.1, 0.15) is 0 Å². The predicted octanol–water partition coefficient (Wildman–Crippen LogP) is 2.51. The molecule has 2 unspecified atom stereocenters. The van der Waals surface area contributed by atoms with E-state index in [0.717, 1.165) is 17.8 Å². The van der Waals surface area contributed by atoms with Crippen LogP contribution in [0.3, 0.4) is 0 Å². The number of hydrogen-bond acceptors (Lipinski definition) is 2. The number of guanidine groups is 1. The smallest absolute Gasteiger partial charge is 0.239 e. The SMILES string of the molecule is CN=C(NCC(=O)NC(C)C)NC1CCCC(C(C)C)C1.I. The van der Waals surface area contributed by atoms with E-state index in [0.29, 0.717) is 6.04 Å². The van der Waals surface area contributed by atoms with E-state index in [1.54, 1.807) is 7.05 Å². The second-order valence-electron chi connectivity index (χ2n) is 6.66. The summed E-state index contributed by atoms with van der Waals surface area (Å²) in [5, 5.41) is 9.41. The molecule has 1 rings (SSSR count). The number of amides is 1. The van der Waals surface area contributed by atoms with Crippen molar-refractivity contribution in [2.45, 2.75) is 65.5 Å². The van der Waals surface area contributed by atoms with E-state index in [1.165, 1.54) is 25.7 Å². The Kier molecular flexibility index (Phi) is 10.8. The standard InChI is InChI=1S/C16H32N4O.HI/c1-11(2)13-7-6-8-14(9-13)20-16(17-5)18-10-15(21)19-12(3)4;/h11-14H,6-10H2,1-5H3,(H,19,21)(H2,17,18,20);1H. The average molecular weight is 424 g/mol. The monoisotopic (exact) mass is 424 g/mol. The van der Waals surface area contributed by atoms with Crippen LogP contribution in [0.1, 0.15) is 53.4 Å². The summed E-state index contributed by atoms with van der Waals surface area (Å²) in [4.78, 5) is 15.9. The molecule has 2 atom stereocenters. The molecule has 130 valence electrons. The van der Waals surface area contributed by atoms with Crippen LogP contribution < -0.4 is 16.0 Å². The van der Waals surface area contributed by atoms with Gasteiger partial charge in [-0.25, -0.2) is 0 Å². The van der Waals surface area contributed by atoms with E-state index in [9.17, 15) is 4.79 Å². The Morgan fingerprint density at radius 3 is 2.45 bits per heavy atom. The molecule has 0 bridgehead atoms. The molecular formula is C16H33IN4O.